The third-order valence-electron chi connectivity index (χ3n) is 8.88. The van der Waals surface area contributed by atoms with E-state index in [4.69, 9.17) is 0 Å². The lowest BCUT2D eigenvalue weighted by atomic mass is 9.58. The predicted molar refractivity (Wildman–Crippen MR) is 139 cm³/mol. The lowest BCUT2D eigenvalue weighted by molar-refractivity contribution is -0.773. The molecule has 2 aliphatic rings. The summed E-state index contributed by atoms with van der Waals surface area (Å²) in [5, 5.41) is 3.61. The first-order chi connectivity index (χ1) is 19.0. The Bertz CT molecular complexity index is 1510. The Balaban J connectivity index is 1.52. The fraction of sp³-hybridized carbons (Fsp3) is 0.433. The number of benzene rings is 1. The van der Waals surface area contributed by atoms with Crippen molar-refractivity contribution in [3.63, 3.8) is 0 Å². The van der Waals surface area contributed by atoms with Crippen molar-refractivity contribution in [1.29, 1.82) is 0 Å². The number of alkyl halides is 3. The van der Waals surface area contributed by atoms with Crippen molar-refractivity contribution in [3.8, 4) is 11.3 Å². The van der Waals surface area contributed by atoms with Gasteiger partial charge in [-0.1, -0.05) is 18.5 Å². The van der Waals surface area contributed by atoms with Crippen LogP contribution in [0.25, 0.3) is 11.3 Å². The number of pyridine rings is 2. The molecular formula is C30H33F5N5+3. The summed E-state index contributed by atoms with van der Waals surface area (Å²) in [5.74, 6) is -2.32. The van der Waals surface area contributed by atoms with Gasteiger partial charge in [-0.3, -0.25) is 0 Å². The summed E-state index contributed by atoms with van der Waals surface area (Å²) in [6, 6.07) is 13.4. The van der Waals surface area contributed by atoms with Crippen molar-refractivity contribution in [2.24, 2.45) is 10.1 Å². The number of hydrogen-bond acceptors (Lipinski definition) is 2. The van der Waals surface area contributed by atoms with Gasteiger partial charge in [0.1, 0.15) is 18.2 Å². The highest BCUT2D eigenvalue weighted by Gasteiger charge is 2.59. The molecule has 0 amide bonds. The minimum atomic E-state index is -4.62. The maximum absolute atomic E-state index is 15.3. The Labute approximate surface area is 230 Å². The smallest absolute Gasteiger partial charge is 0.207 e. The van der Waals surface area contributed by atoms with Crippen molar-refractivity contribution in [3.05, 3.63) is 83.8 Å². The molecule has 0 saturated heterocycles. The topological polar surface area (TPSA) is 35.5 Å². The van der Waals surface area contributed by atoms with Crippen LogP contribution in [0.2, 0.25) is 0 Å². The van der Waals surface area contributed by atoms with Gasteiger partial charge in [-0.15, -0.1) is 0 Å². The van der Waals surface area contributed by atoms with E-state index in [0.717, 1.165) is 6.07 Å². The Hall–Kier alpha value is -3.56. The van der Waals surface area contributed by atoms with Crippen LogP contribution in [-0.4, -0.2) is 23.8 Å². The number of halogens is 5. The van der Waals surface area contributed by atoms with E-state index in [1.54, 1.807) is 12.1 Å². The molecule has 3 atom stereocenters. The molecule has 0 bridgehead atoms. The maximum Gasteiger partial charge on any atom is 0.457 e. The molecule has 210 valence electrons. The molecule has 40 heavy (non-hydrogen) atoms. The first kappa shape index (κ1) is 28.0. The average Bonchev–Trinajstić information content (AvgIpc) is 3.32. The second kappa shape index (κ2) is 10.1. The van der Waals surface area contributed by atoms with Crippen molar-refractivity contribution in [2.45, 2.75) is 76.3 Å². The van der Waals surface area contributed by atoms with E-state index < -0.39 is 40.8 Å². The molecule has 4 heterocycles. The normalized spacial score (nSPS) is 23.9. The van der Waals surface area contributed by atoms with Crippen molar-refractivity contribution in [1.82, 2.24) is 0 Å². The van der Waals surface area contributed by atoms with E-state index in [9.17, 15) is 17.6 Å². The van der Waals surface area contributed by atoms with Crippen LogP contribution in [0.4, 0.5) is 22.0 Å². The van der Waals surface area contributed by atoms with E-state index in [1.165, 1.54) is 17.8 Å². The molecular weight excluding hydrogens is 525 g/mol. The Morgan fingerprint density at radius 2 is 1.70 bits per heavy atom. The van der Waals surface area contributed by atoms with Crippen molar-refractivity contribution < 1.29 is 35.8 Å². The van der Waals surface area contributed by atoms with Gasteiger partial charge in [0.05, 0.1) is 11.0 Å². The number of hydrogen-bond donors (Lipinski definition) is 0. The van der Waals surface area contributed by atoms with Crippen LogP contribution < -0.4 is 9.13 Å². The molecule has 0 aliphatic carbocycles. The molecule has 10 heteroatoms. The van der Waals surface area contributed by atoms with Gasteiger partial charge in [0, 0.05) is 54.7 Å². The fourth-order valence-electron chi connectivity index (χ4n) is 6.74. The molecule has 0 saturated carbocycles. The van der Waals surface area contributed by atoms with Crippen LogP contribution in [0.15, 0.2) is 71.0 Å². The number of aryl methyl sites for hydroxylation is 1. The van der Waals surface area contributed by atoms with Crippen LogP contribution in [0.5, 0.6) is 0 Å². The second-order valence-corrected chi connectivity index (χ2v) is 10.8. The zero-order valence-electron chi connectivity index (χ0n) is 23.0. The van der Waals surface area contributed by atoms with Crippen LogP contribution >= 0.6 is 0 Å². The summed E-state index contributed by atoms with van der Waals surface area (Å²) in [4.78, 5) is 3.86. The van der Waals surface area contributed by atoms with E-state index in [1.807, 2.05) is 48.1 Å². The highest BCUT2D eigenvalue weighted by atomic mass is 19.4. The van der Waals surface area contributed by atoms with E-state index >= 15 is 4.39 Å². The molecule has 2 aromatic heterocycles. The highest BCUT2D eigenvalue weighted by Crippen LogP contribution is 2.52. The SMILES string of the molecule is CCC1(C)c2cc(F)cc(F)c2-c2cccc[n+]2C1(CC)CCC[n+]1ccccc1C1N=C(C(F)(F)F)N=[N+]1C. The van der Waals surface area contributed by atoms with E-state index in [0.29, 0.717) is 54.7 Å². The molecule has 0 spiro atoms. The van der Waals surface area contributed by atoms with Crippen LogP contribution in [0.1, 0.15) is 63.9 Å². The minimum Gasteiger partial charge on any atom is -0.207 e. The first-order valence-corrected chi connectivity index (χ1v) is 13.6. The van der Waals surface area contributed by atoms with E-state index in [2.05, 4.69) is 28.5 Å². The zero-order valence-corrected chi connectivity index (χ0v) is 23.0. The number of fused-ring (bicyclic) bond motifs is 3. The molecule has 1 aromatic carbocycles. The molecule has 3 aromatic rings. The number of aromatic nitrogens is 2. The molecule has 2 aliphatic heterocycles. The zero-order chi connectivity index (χ0) is 28.9. The summed E-state index contributed by atoms with van der Waals surface area (Å²) in [7, 11) is 1.48. The number of azo groups is 2. The average molecular weight is 559 g/mol. The highest BCUT2D eigenvalue weighted by molar-refractivity contribution is 5.88. The summed E-state index contributed by atoms with van der Waals surface area (Å²) < 4.78 is 75.1. The minimum absolute atomic E-state index is 0.432. The Kier molecular flexibility index (Phi) is 7.08. The molecule has 5 nitrogen and oxygen atoms in total. The van der Waals surface area contributed by atoms with Crippen LogP contribution in [-0.2, 0) is 17.5 Å². The maximum atomic E-state index is 15.3. The molecule has 0 radical (unpaired) electrons. The van der Waals surface area contributed by atoms with Gasteiger partial charge in [0.15, 0.2) is 25.0 Å². The quantitative estimate of drug-likeness (QED) is 0.233. The van der Waals surface area contributed by atoms with Crippen LogP contribution in [0, 0.1) is 11.6 Å². The fourth-order valence-corrected chi connectivity index (χ4v) is 6.74. The second-order valence-electron chi connectivity index (χ2n) is 10.8. The van der Waals surface area contributed by atoms with E-state index in [-0.39, 0.29) is 0 Å². The van der Waals surface area contributed by atoms with Crippen molar-refractivity contribution >= 4 is 5.84 Å². The summed E-state index contributed by atoms with van der Waals surface area (Å²) in [6.45, 7) is 6.75. The van der Waals surface area contributed by atoms with Gasteiger partial charge >= 0.3 is 18.2 Å². The number of nitrogens with zero attached hydrogens (tertiary/aromatic N) is 5. The Morgan fingerprint density at radius 3 is 2.38 bits per heavy atom. The van der Waals surface area contributed by atoms with Gasteiger partial charge < -0.3 is 0 Å². The lowest BCUT2D eigenvalue weighted by Gasteiger charge is -2.48. The standard InChI is InChI=1S/C30H33F5N5/c1-5-28(3)21-18-20(31)19-22(32)25(21)23-12-8-10-17-40(23)29(28,6-2)14-11-16-39-15-9-7-13-24(39)26-36-27(30(33,34)35)37-38(26)4/h7-10,12-13,15,17-19,26H,5-6,11,14,16H2,1-4H3/q+3. The lowest BCUT2D eigenvalue weighted by Crippen LogP contribution is -2.69. The third-order valence-corrected chi connectivity index (χ3v) is 8.88. The van der Waals surface area contributed by atoms with Crippen molar-refractivity contribution in [2.75, 3.05) is 7.05 Å². The number of rotatable bonds is 7. The number of amidine groups is 1. The van der Waals surface area contributed by atoms with Gasteiger partial charge in [-0.05, 0) is 37.1 Å². The first-order valence-electron chi connectivity index (χ1n) is 13.6. The molecule has 5 rings (SSSR count). The van der Waals surface area contributed by atoms with Gasteiger partial charge in [0.2, 0.25) is 5.69 Å². The monoisotopic (exact) mass is 558 g/mol. The summed E-state index contributed by atoms with van der Waals surface area (Å²) in [6.07, 6.45) is 1.02. The summed E-state index contributed by atoms with van der Waals surface area (Å²) >= 11 is 0. The largest absolute Gasteiger partial charge is 0.457 e. The Morgan fingerprint density at radius 1 is 0.975 bits per heavy atom. The predicted octanol–water partition coefficient (Wildman–Crippen LogP) is 6.54. The van der Waals surface area contributed by atoms with Gasteiger partial charge in [0.25, 0.3) is 5.69 Å². The summed E-state index contributed by atoms with van der Waals surface area (Å²) in [5.41, 5.74) is 1.32. The van der Waals surface area contributed by atoms with Gasteiger partial charge in [-0.25, -0.2) is 8.78 Å². The number of aliphatic imine (C=N–C) groups is 1. The van der Waals surface area contributed by atoms with Gasteiger partial charge in [-0.2, -0.15) is 27.3 Å². The molecule has 0 fully saturated rings. The molecule has 0 N–H and O–H groups in total. The van der Waals surface area contributed by atoms with Crippen LogP contribution in [0.3, 0.4) is 0 Å². The molecule has 3 unspecified atom stereocenters. The third kappa shape index (κ3) is 4.32.